The van der Waals surface area contributed by atoms with Gasteiger partial charge in [0.05, 0.1) is 0 Å². The zero-order valence-electron chi connectivity index (χ0n) is 10.2. The zero-order chi connectivity index (χ0) is 13.1. The van der Waals surface area contributed by atoms with Gasteiger partial charge in [0.25, 0.3) is 0 Å². The Hall–Kier alpha value is -0.180. The SMILES string of the molecule is CCNC1CCN(S(=O)(=O)CS(C)(=O)=O)CC1. The Kier molecular flexibility index (Phi) is 4.94. The van der Waals surface area contributed by atoms with Gasteiger partial charge in [0.15, 0.2) is 14.9 Å². The minimum absolute atomic E-state index is 0.338. The second-order valence-electron chi connectivity index (χ2n) is 4.39. The van der Waals surface area contributed by atoms with Gasteiger partial charge < -0.3 is 5.32 Å². The molecule has 1 fully saturated rings. The van der Waals surface area contributed by atoms with Crippen molar-refractivity contribution in [1.29, 1.82) is 0 Å². The van der Waals surface area contributed by atoms with Crippen LogP contribution in [0, 0.1) is 0 Å². The first-order chi connectivity index (χ1) is 7.74. The lowest BCUT2D eigenvalue weighted by Gasteiger charge is -2.31. The molecule has 0 unspecified atom stereocenters. The van der Waals surface area contributed by atoms with Gasteiger partial charge in [-0.05, 0) is 19.4 Å². The van der Waals surface area contributed by atoms with Crippen LogP contribution >= 0.6 is 0 Å². The Morgan fingerprint density at radius 3 is 2.12 bits per heavy atom. The second-order valence-corrected chi connectivity index (χ2v) is 8.86. The van der Waals surface area contributed by atoms with E-state index in [0.717, 1.165) is 25.6 Å². The van der Waals surface area contributed by atoms with E-state index >= 15 is 0 Å². The van der Waals surface area contributed by atoms with E-state index in [2.05, 4.69) is 5.32 Å². The third-order valence-corrected chi connectivity index (χ3v) is 6.76. The van der Waals surface area contributed by atoms with Crippen molar-refractivity contribution < 1.29 is 16.8 Å². The van der Waals surface area contributed by atoms with Gasteiger partial charge in [0.1, 0.15) is 0 Å². The Bertz CT molecular complexity index is 436. The fourth-order valence-corrected chi connectivity index (χ4v) is 5.50. The summed E-state index contributed by atoms with van der Waals surface area (Å²) in [4.78, 5) is 0. The molecular formula is C9H20N2O4S2. The fourth-order valence-electron chi connectivity index (χ4n) is 1.97. The van der Waals surface area contributed by atoms with Crippen LogP contribution in [-0.2, 0) is 19.9 Å². The monoisotopic (exact) mass is 284 g/mol. The Balaban J connectivity index is 2.59. The third-order valence-electron chi connectivity index (χ3n) is 2.70. The summed E-state index contributed by atoms with van der Waals surface area (Å²) in [5, 5.41) is 2.48. The number of sulfonamides is 1. The molecule has 0 aromatic carbocycles. The van der Waals surface area contributed by atoms with Gasteiger partial charge in [0.2, 0.25) is 10.0 Å². The van der Waals surface area contributed by atoms with Crippen LogP contribution in [0.5, 0.6) is 0 Å². The zero-order valence-corrected chi connectivity index (χ0v) is 11.8. The van der Waals surface area contributed by atoms with Gasteiger partial charge in [-0.1, -0.05) is 6.92 Å². The quantitative estimate of drug-likeness (QED) is 0.728. The van der Waals surface area contributed by atoms with Crippen LogP contribution in [-0.4, -0.2) is 58.2 Å². The molecule has 0 spiro atoms. The summed E-state index contributed by atoms with van der Waals surface area (Å²) >= 11 is 0. The molecular weight excluding hydrogens is 264 g/mol. The minimum atomic E-state index is -3.66. The van der Waals surface area contributed by atoms with Crippen molar-refractivity contribution in [3.8, 4) is 0 Å². The highest BCUT2D eigenvalue weighted by molar-refractivity contribution is 8.06. The smallest absolute Gasteiger partial charge is 0.228 e. The molecule has 102 valence electrons. The molecule has 0 saturated carbocycles. The lowest BCUT2D eigenvalue weighted by atomic mass is 10.1. The molecule has 8 heteroatoms. The highest BCUT2D eigenvalue weighted by atomic mass is 32.3. The molecule has 1 heterocycles. The lowest BCUT2D eigenvalue weighted by molar-refractivity contribution is 0.293. The maximum atomic E-state index is 11.8. The van der Waals surface area contributed by atoms with Crippen molar-refractivity contribution in [2.24, 2.45) is 0 Å². The molecule has 1 saturated heterocycles. The molecule has 1 aliphatic heterocycles. The highest BCUT2D eigenvalue weighted by Gasteiger charge is 2.30. The van der Waals surface area contributed by atoms with Crippen LogP contribution in [0.3, 0.4) is 0 Å². The van der Waals surface area contributed by atoms with Crippen molar-refractivity contribution in [3.05, 3.63) is 0 Å². The first-order valence-electron chi connectivity index (χ1n) is 5.63. The van der Waals surface area contributed by atoms with Crippen molar-refractivity contribution in [1.82, 2.24) is 9.62 Å². The second kappa shape index (κ2) is 5.64. The van der Waals surface area contributed by atoms with Crippen molar-refractivity contribution in [3.63, 3.8) is 0 Å². The number of hydrogen-bond acceptors (Lipinski definition) is 5. The predicted molar refractivity (Wildman–Crippen MR) is 66.9 cm³/mol. The van der Waals surface area contributed by atoms with E-state index < -0.39 is 24.9 Å². The number of sulfone groups is 1. The molecule has 0 amide bonds. The summed E-state index contributed by atoms with van der Waals surface area (Å²) in [6, 6.07) is 0.338. The van der Waals surface area contributed by atoms with Gasteiger partial charge in [0, 0.05) is 25.4 Å². The fraction of sp³-hybridized carbons (Fsp3) is 1.00. The van der Waals surface area contributed by atoms with Crippen LogP contribution in [0.4, 0.5) is 0 Å². The van der Waals surface area contributed by atoms with Gasteiger partial charge >= 0.3 is 0 Å². The van der Waals surface area contributed by atoms with Crippen molar-refractivity contribution >= 4 is 19.9 Å². The molecule has 0 atom stereocenters. The van der Waals surface area contributed by atoms with E-state index in [-0.39, 0.29) is 0 Å². The molecule has 1 aliphatic rings. The molecule has 0 aromatic heterocycles. The van der Waals surface area contributed by atoms with Gasteiger partial charge in [-0.2, -0.15) is 0 Å². The lowest BCUT2D eigenvalue weighted by Crippen LogP contribution is -2.46. The van der Waals surface area contributed by atoms with Crippen molar-refractivity contribution in [2.75, 3.05) is 31.0 Å². The molecule has 0 aromatic rings. The Morgan fingerprint density at radius 2 is 1.71 bits per heavy atom. The van der Waals surface area contributed by atoms with Crippen LogP contribution in [0.1, 0.15) is 19.8 Å². The summed E-state index contributed by atoms with van der Waals surface area (Å²) in [5.41, 5.74) is 0. The summed E-state index contributed by atoms with van der Waals surface area (Å²) in [5.74, 6) is 0. The maximum Gasteiger partial charge on any atom is 0.228 e. The molecule has 17 heavy (non-hydrogen) atoms. The molecule has 0 bridgehead atoms. The average Bonchev–Trinajstić information content (AvgIpc) is 2.15. The van der Waals surface area contributed by atoms with Gasteiger partial charge in [-0.25, -0.2) is 21.1 Å². The number of nitrogens with one attached hydrogen (secondary N) is 1. The largest absolute Gasteiger partial charge is 0.314 e. The van der Waals surface area contributed by atoms with Crippen molar-refractivity contribution in [2.45, 2.75) is 25.8 Å². The third kappa shape index (κ3) is 4.90. The van der Waals surface area contributed by atoms with E-state index in [9.17, 15) is 16.8 Å². The highest BCUT2D eigenvalue weighted by Crippen LogP contribution is 2.15. The summed E-state index contributed by atoms with van der Waals surface area (Å²) in [7, 11) is -7.16. The van der Waals surface area contributed by atoms with Crippen LogP contribution in [0.15, 0.2) is 0 Å². The van der Waals surface area contributed by atoms with Crippen LogP contribution < -0.4 is 5.32 Å². The molecule has 0 radical (unpaired) electrons. The van der Waals surface area contributed by atoms with E-state index in [4.69, 9.17) is 0 Å². The topological polar surface area (TPSA) is 83.6 Å². The van der Waals surface area contributed by atoms with E-state index in [1.165, 1.54) is 4.31 Å². The standard InChI is InChI=1S/C9H20N2O4S2/c1-3-10-9-4-6-11(7-5-9)17(14,15)8-16(2,12)13/h9-10H,3-8H2,1-2H3. The summed E-state index contributed by atoms with van der Waals surface area (Å²) in [6.07, 6.45) is 2.41. The minimum Gasteiger partial charge on any atom is -0.314 e. The first kappa shape index (κ1) is 14.9. The Morgan fingerprint density at radius 1 is 1.18 bits per heavy atom. The number of hydrogen-bond donors (Lipinski definition) is 1. The van der Waals surface area contributed by atoms with E-state index in [1.54, 1.807) is 0 Å². The number of nitrogens with zero attached hydrogens (tertiary/aromatic N) is 1. The average molecular weight is 284 g/mol. The van der Waals surface area contributed by atoms with Gasteiger partial charge in [-0.3, -0.25) is 0 Å². The maximum absolute atomic E-state index is 11.8. The summed E-state index contributed by atoms with van der Waals surface area (Å²) in [6.45, 7) is 3.67. The van der Waals surface area contributed by atoms with E-state index in [0.29, 0.717) is 19.1 Å². The number of piperidine rings is 1. The van der Waals surface area contributed by atoms with Crippen LogP contribution in [0.2, 0.25) is 0 Å². The molecule has 1 rings (SSSR count). The normalized spacial score (nSPS) is 20.6. The number of rotatable bonds is 5. The molecule has 6 nitrogen and oxygen atoms in total. The van der Waals surface area contributed by atoms with Crippen LogP contribution in [0.25, 0.3) is 0 Å². The first-order valence-corrected chi connectivity index (χ1v) is 9.30. The Labute approximate surface area is 103 Å². The van der Waals surface area contributed by atoms with E-state index in [1.807, 2.05) is 6.92 Å². The molecule has 0 aliphatic carbocycles. The predicted octanol–water partition coefficient (Wildman–Crippen LogP) is -0.608. The molecule has 1 N–H and O–H groups in total. The summed E-state index contributed by atoms with van der Waals surface area (Å²) < 4.78 is 46.9. The van der Waals surface area contributed by atoms with Gasteiger partial charge in [-0.15, -0.1) is 0 Å².